The van der Waals surface area contributed by atoms with E-state index in [1.165, 1.54) is 0 Å². The standard InChI is InChI=1S/C36H58O9/c1-18-24(38)25(39)26(40)29(44-18)45-30(43)36-15-13-31(2,3)28(42)23(36)19-9-10-22-33(6)17-20(37)27(41)32(4,5)21(33)11-12-35(22,8)34(19,7)14-16-36/h9,18,20-29,37-42H,10-17H2,1-8H3. The molecule has 1 saturated heterocycles. The van der Waals surface area contributed by atoms with Gasteiger partial charge in [0.2, 0.25) is 6.29 Å². The molecule has 6 rings (SSSR count). The second-order valence-electron chi connectivity index (χ2n) is 18.0. The Morgan fingerprint density at radius 2 is 1.47 bits per heavy atom. The fourth-order valence-electron chi connectivity index (χ4n) is 12.1. The zero-order chi connectivity index (χ0) is 33.3. The van der Waals surface area contributed by atoms with Gasteiger partial charge in [-0.2, -0.15) is 0 Å². The van der Waals surface area contributed by atoms with Crippen molar-refractivity contribution in [1.82, 2.24) is 0 Å². The number of aliphatic hydroxyl groups is 6. The normalized spacial score (nSPS) is 55.2. The van der Waals surface area contributed by atoms with Gasteiger partial charge >= 0.3 is 5.97 Å². The third-order valence-corrected chi connectivity index (χ3v) is 15.2. The van der Waals surface area contributed by atoms with E-state index in [0.717, 1.165) is 31.3 Å². The first-order chi connectivity index (χ1) is 20.7. The average molecular weight is 635 g/mol. The maximum atomic E-state index is 14.4. The molecule has 5 fully saturated rings. The number of esters is 1. The summed E-state index contributed by atoms with van der Waals surface area (Å²) in [4.78, 5) is 14.4. The Hall–Kier alpha value is -1.07. The van der Waals surface area contributed by atoms with E-state index in [0.29, 0.717) is 25.7 Å². The van der Waals surface area contributed by atoms with Crippen LogP contribution in [0.3, 0.4) is 0 Å². The number of rotatable bonds is 2. The number of fused-ring (bicyclic) bond motifs is 7. The van der Waals surface area contributed by atoms with E-state index in [4.69, 9.17) is 9.47 Å². The van der Waals surface area contributed by atoms with E-state index < -0.39 is 77.1 Å². The summed E-state index contributed by atoms with van der Waals surface area (Å²) in [6, 6.07) is 0. The number of hydrogen-bond donors (Lipinski definition) is 6. The highest BCUT2D eigenvalue weighted by molar-refractivity contribution is 5.79. The van der Waals surface area contributed by atoms with Crippen LogP contribution in [0.4, 0.5) is 0 Å². The van der Waals surface area contributed by atoms with Crippen LogP contribution in [0.1, 0.15) is 107 Å². The highest BCUT2D eigenvalue weighted by Gasteiger charge is 2.71. The van der Waals surface area contributed by atoms with Crippen LogP contribution < -0.4 is 0 Å². The molecule has 9 heteroatoms. The van der Waals surface area contributed by atoms with Crippen molar-refractivity contribution >= 4 is 5.97 Å². The Labute approximate surface area is 268 Å². The van der Waals surface area contributed by atoms with E-state index in [1.54, 1.807) is 6.92 Å². The summed E-state index contributed by atoms with van der Waals surface area (Å²) in [5.74, 6) is -0.499. The molecule has 0 aromatic carbocycles. The largest absolute Gasteiger partial charge is 0.432 e. The first kappa shape index (κ1) is 33.8. The minimum Gasteiger partial charge on any atom is -0.432 e. The lowest BCUT2D eigenvalue weighted by Gasteiger charge is -2.71. The lowest BCUT2D eigenvalue weighted by atomic mass is 9.33. The molecule has 1 aliphatic heterocycles. The number of hydrogen-bond acceptors (Lipinski definition) is 9. The second kappa shape index (κ2) is 10.5. The molecule has 15 atom stereocenters. The van der Waals surface area contributed by atoms with E-state index in [9.17, 15) is 35.4 Å². The third kappa shape index (κ3) is 4.39. The van der Waals surface area contributed by atoms with Gasteiger partial charge in [0.05, 0.1) is 29.8 Å². The highest BCUT2D eigenvalue weighted by Crippen LogP contribution is 2.75. The van der Waals surface area contributed by atoms with E-state index in [-0.39, 0.29) is 28.1 Å². The topological polar surface area (TPSA) is 157 Å². The van der Waals surface area contributed by atoms with Crippen LogP contribution in [0.15, 0.2) is 11.6 Å². The number of aliphatic hydroxyl groups excluding tert-OH is 6. The smallest absolute Gasteiger partial charge is 0.315 e. The maximum Gasteiger partial charge on any atom is 0.315 e. The molecule has 4 saturated carbocycles. The molecular weight excluding hydrogens is 576 g/mol. The third-order valence-electron chi connectivity index (χ3n) is 15.2. The Kier molecular flexibility index (Phi) is 7.86. The van der Waals surface area contributed by atoms with Gasteiger partial charge in [0.1, 0.15) is 18.3 Å². The predicted octanol–water partition coefficient (Wildman–Crippen LogP) is 3.46. The summed E-state index contributed by atoms with van der Waals surface area (Å²) in [5.41, 5.74) is -1.40. The fraction of sp³-hybridized carbons (Fsp3) is 0.917. The monoisotopic (exact) mass is 634 g/mol. The molecule has 5 aliphatic carbocycles. The molecule has 15 unspecified atom stereocenters. The van der Waals surface area contributed by atoms with Crippen molar-refractivity contribution in [2.45, 2.75) is 156 Å². The molecule has 9 nitrogen and oxygen atoms in total. The summed E-state index contributed by atoms with van der Waals surface area (Å²) in [6.07, 6.45) is -1.07. The van der Waals surface area contributed by atoms with E-state index in [2.05, 4.69) is 54.5 Å². The molecule has 6 aliphatic rings. The van der Waals surface area contributed by atoms with Crippen molar-refractivity contribution in [1.29, 1.82) is 0 Å². The fourth-order valence-corrected chi connectivity index (χ4v) is 12.1. The summed E-state index contributed by atoms with van der Waals surface area (Å²) < 4.78 is 11.6. The first-order valence-corrected chi connectivity index (χ1v) is 17.3. The van der Waals surface area contributed by atoms with Gasteiger partial charge in [0.25, 0.3) is 0 Å². The van der Waals surface area contributed by atoms with Gasteiger partial charge in [-0.3, -0.25) is 4.79 Å². The number of carbonyl (C=O) groups is 1. The molecule has 0 radical (unpaired) electrons. The van der Waals surface area contributed by atoms with Crippen molar-refractivity contribution in [3.05, 3.63) is 11.6 Å². The molecule has 0 bridgehead atoms. The Morgan fingerprint density at radius 3 is 2.13 bits per heavy atom. The summed E-state index contributed by atoms with van der Waals surface area (Å²) in [7, 11) is 0. The van der Waals surface area contributed by atoms with Gasteiger partial charge in [0, 0.05) is 5.92 Å². The summed E-state index contributed by atoms with van der Waals surface area (Å²) >= 11 is 0. The molecule has 6 N–H and O–H groups in total. The Morgan fingerprint density at radius 1 is 0.822 bits per heavy atom. The van der Waals surface area contributed by atoms with Gasteiger partial charge in [0.15, 0.2) is 0 Å². The van der Waals surface area contributed by atoms with Crippen molar-refractivity contribution in [2.24, 2.45) is 50.2 Å². The van der Waals surface area contributed by atoms with Crippen LogP contribution in [0.5, 0.6) is 0 Å². The zero-order valence-electron chi connectivity index (χ0n) is 28.5. The van der Waals surface area contributed by atoms with Crippen LogP contribution in [-0.2, 0) is 14.3 Å². The maximum absolute atomic E-state index is 14.4. The minimum absolute atomic E-state index is 0.157. The van der Waals surface area contributed by atoms with Gasteiger partial charge in [-0.05, 0) is 97.2 Å². The lowest BCUT2D eigenvalue weighted by Crippen LogP contribution is -2.68. The number of carbonyl (C=O) groups excluding carboxylic acids is 1. The van der Waals surface area contributed by atoms with Crippen molar-refractivity contribution < 1.29 is 44.9 Å². The SMILES string of the molecule is CC1OC(OC(=O)C23CCC(C)(C)C(O)C2C2=CCC4C5(C)CC(O)C(O)C(C)(C)C5CCC4(C)C2(C)CC3)C(O)C(O)C1O. The predicted molar refractivity (Wildman–Crippen MR) is 166 cm³/mol. The molecular formula is C36H58O9. The number of ether oxygens (including phenoxy) is 2. The Bertz CT molecular complexity index is 1230. The molecule has 0 spiro atoms. The van der Waals surface area contributed by atoms with Crippen LogP contribution in [0, 0.1) is 50.2 Å². The van der Waals surface area contributed by atoms with Gasteiger partial charge in [-0.25, -0.2) is 0 Å². The molecule has 256 valence electrons. The van der Waals surface area contributed by atoms with Crippen LogP contribution in [-0.4, -0.2) is 85.6 Å². The lowest BCUT2D eigenvalue weighted by molar-refractivity contribution is -0.291. The first-order valence-electron chi connectivity index (χ1n) is 17.3. The quantitative estimate of drug-likeness (QED) is 0.198. The van der Waals surface area contributed by atoms with Gasteiger partial charge in [-0.15, -0.1) is 0 Å². The van der Waals surface area contributed by atoms with Crippen LogP contribution in [0.2, 0.25) is 0 Å². The van der Waals surface area contributed by atoms with Gasteiger partial charge < -0.3 is 40.1 Å². The van der Waals surface area contributed by atoms with Crippen molar-refractivity contribution in [2.75, 3.05) is 0 Å². The average Bonchev–Trinajstić information content (AvgIpc) is 2.95. The van der Waals surface area contributed by atoms with Crippen molar-refractivity contribution in [3.63, 3.8) is 0 Å². The van der Waals surface area contributed by atoms with Crippen LogP contribution >= 0.6 is 0 Å². The number of allylic oxidation sites excluding steroid dienone is 1. The van der Waals surface area contributed by atoms with E-state index >= 15 is 0 Å². The summed E-state index contributed by atoms with van der Waals surface area (Å²) in [6.45, 7) is 16.9. The van der Waals surface area contributed by atoms with Crippen LogP contribution in [0.25, 0.3) is 0 Å². The molecule has 1 heterocycles. The van der Waals surface area contributed by atoms with Crippen molar-refractivity contribution in [3.8, 4) is 0 Å². The van der Waals surface area contributed by atoms with Gasteiger partial charge in [-0.1, -0.05) is 60.1 Å². The molecule has 0 amide bonds. The minimum atomic E-state index is -1.59. The zero-order valence-corrected chi connectivity index (χ0v) is 28.5. The highest BCUT2D eigenvalue weighted by atomic mass is 16.7. The second-order valence-corrected chi connectivity index (χ2v) is 18.0. The molecule has 0 aromatic rings. The summed E-state index contributed by atoms with van der Waals surface area (Å²) in [5, 5.41) is 65.6. The van der Waals surface area contributed by atoms with E-state index in [1.807, 2.05) is 0 Å². The molecule has 45 heavy (non-hydrogen) atoms. The Balaban J connectivity index is 1.39. The molecule has 0 aromatic heterocycles.